The Morgan fingerprint density at radius 1 is 1.25 bits per heavy atom. The fourth-order valence-corrected chi connectivity index (χ4v) is 2.25. The van der Waals surface area contributed by atoms with Crippen LogP contribution in [0.25, 0.3) is 10.9 Å². The smallest absolute Gasteiger partial charge is 0.127 e. The third kappa shape index (κ3) is 1.92. The second-order valence-corrected chi connectivity index (χ2v) is 5.84. The van der Waals surface area contributed by atoms with Crippen molar-refractivity contribution in [1.29, 1.82) is 0 Å². The normalized spacial score (nSPS) is 12.0. The SMILES string of the molecule is CC(C)(C)c1cc2cccc(Br)c2nc1N. The van der Waals surface area contributed by atoms with Gasteiger partial charge in [-0.2, -0.15) is 0 Å². The number of nitrogens with two attached hydrogens (primary N) is 1. The number of hydrogen-bond acceptors (Lipinski definition) is 2. The molecule has 0 saturated heterocycles. The minimum absolute atomic E-state index is 0.0214. The number of anilines is 1. The molecule has 0 aliphatic carbocycles. The van der Waals surface area contributed by atoms with Crippen LogP contribution in [-0.2, 0) is 5.41 Å². The first-order chi connectivity index (χ1) is 7.39. The molecule has 3 heteroatoms. The monoisotopic (exact) mass is 278 g/mol. The number of benzene rings is 1. The molecule has 0 spiro atoms. The summed E-state index contributed by atoms with van der Waals surface area (Å²) in [6.45, 7) is 6.43. The van der Waals surface area contributed by atoms with E-state index in [1.54, 1.807) is 0 Å². The first kappa shape index (κ1) is 11.4. The molecule has 16 heavy (non-hydrogen) atoms. The number of nitrogens with zero attached hydrogens (tertiary/aromatic N) is 1. The molecule has 2 rings (SSSR count). The van der Waals surface area contributed by atoms with Crippen molar-refractivity contribution in [1.82, 2.24) is 4.98 Å². The maximum atomic E-state index is 6.01. The first-order valence-corrected chi connectivity index (χ1v) is 6.04. The lowest BCUT2D eigenvalue weighted by Crippen LogP contribution is -2.15. The van der Waals surface area contributed by atoms with Crippen molar-refractivity contribution < 1.29 is 0 Å². The third-order valence-electron chi connectivity index (χ3n) is 2.63. The number of para-hydroxylation sites is 1. The zero-order valence-corrected chi connectivity index (χ0v) is 11.3. The van der Waals surface area contributed by atoms with Gasteiger partial charge in [-0.25, -0.2) is 4.98 Å². The highest BCUT2D eigenvalue weighted by atomic mass is 79.9. The largest absolute Gasteiger partial charge is 0.383 e. The number of nitrogen functional groups attached to an aromatic ring is 1. The van der Waals surface area contributed by atoms with Crippen LogP contribution >= 0.6 is 15.9 Å². The van der Waals surface area contributed by atoms with Gasteiger partial charge in [-0.15, -0.1) is 0 Å². The van der Waals surface area contributed by atoms with Crippen LogP contribution in [0.3, 0.4) is 0 Å². The van der Waals surface area contributed by atoms with Gasteiger partial charge in [0, 0.05) is 15.4 Å². The average molecular weight is 279 g/mol. The predicted molar refractivity (Wildman–Crippen MR) is 72.6 cm³/mol. The maximum Gasteiger partial charge on any atom is 0.127 e. The van der Waals surface area contributed by atoms with Gasteiger partial charge in [-0.05, 0) is 33.5 Å². The summed E-state index contributed by atoms with van der Waals surface area (Å²) >= 11 is 3.49. The van der Waals surface area contributed by atoms with Crippen molar-refractivity contribution >= 4 is 32.7 Å². The van der Waals surface area contributed by atoms with Crippen LogP contribution in [0, 0.1) is 0 Å². The summed E-state index contributed by atoms with van der Waals surface area (Å²) in [5, 5.41) is 1.12. The minimum atomic E-state index is 0.0214. The van der Waals surface area contributed by atoms with Gasteiger partial charge in [0.2, 0.25) is 0 Å². The molecule has 1 heterocycles. The highest BCUT2D eigenvalue weighted by Gasteiger charge is 2.18. The maximum absolute atomic E-state index is 6.01. The van der Waals surface area contributed by atoms with E-state index in [0.717, 1.165) is 20.9 Å². The third-order valence-corrected chi connectivity index (χ3v) is 3.27. The van der Waals surface area contributed by atoms with E-state index in [-0.39, 0.29) is 5.41 Å². The molecule has 2 nitrogen and oxygen atoms in total. The van der Waals surface area contributed by atoms with Crippen LogP contribution in [0.2, 0.25) is 0 Å². The van der Waals surface area contributed by atoms with Gasteiger partial charge in [0.15, 0.2) is 0 Å². The number of halogens is 1. The van der Waals surface area contributed by atoms with E-state index < -0.39 is 0 Å². The molecule has 0 aliphatic rings. The topological polar surface area (TPSA) is 38.9 Å². The number of fused-ring (bicyclic) bond motifs is 1. The van der Waals surface area contributed by atoms with E-state index in [0.29, 0.717) is 5.82 Å². The van der Waals surface area contributed by atoms with Crippen molar-refractivity contribution in [3.05, 3.63) is 34.3 Å². The highest BCUT2D eigenvalue weighted by molar-refractivity contribution is 9.10. The molecule has 0 atom stereocenters. The van der Waals surface area contributed by atoms with E-state index in [9.17, 15) is 0 Å². The molecule has 0 saturated carbocycles. The standard InChI is InChI=1S/C13H15BrN2/c1-13(2,3)9-7-8-5-4-6-10(14)11(8)16-12(9)15/h4-7H,1-3H3,(H2,15,16). The van der Waals surface area contributed by atoms with Crippen LogP contribution in [0.5, 0.6) is 0 Å². The Hall–Kier alpha value is -1.09. The van der Waals surface area contributed by atoms with E-state index >= 15 is 0 Å². The van der Waals surface area contributed by atoms with Crippen LogP contribution < -0.4 is 5.73 Å². The quantitative estimate of drug-likeness (QED) is 0.794. The Kier molecular flexibility index (Phi) is 2.66. The van der Waals surface area contributed by atoms with Crippen LogP contribution in [0.1, 0.15) is 26.3 Å². The number of aromatic nitrogens is 1. The Bertz CT molecular complexity index is 541. The minimum Gasteiger partial charge on any atom is -0.383 e. The van der Waals surface area contributed by atoms with Crippen molar-refractivity contribution in [2.45, 2.75) is 26.2 Å². The highest BCUT2D eigenvalue weighted by Crippen LogP contribution is 2.31. The van der Waals surface area contributed by atoms with Gasteiger partial charge in [-0.1, -0.05) is 32.9 Å². The summed E-state index contributed by atoms with van der Waals surface area (Å²) in [5.74, 6) is 0.618. The number of rotatable bonds is 0. The van der Waals surface area contributed by atoms with E-state index in [1.165, 1.54) is 0 Å². The van der Waals surface area contributed by atoms with E-state index in [1.807, 2.05) is 12.1 Å². The molecule has 0 amide bonds. The Morgan fingerprint density at radius 2 is 1.94 bits per heavy atom. The summed E-state index contributed by atoms with van der Waals surface area (Å²) in [4.78, 5) is 4.47. The van der Waals surface area contributed by atoms with Crippen molar-refractivity contribution in [3.8, 4) is 0 Å². The average Bonchev–Trinajstić information content (AvgIpc) is 2.17. The first-order valence-electron chi connectivity index (χ1n) is 5.25. The molecular formula is C13H15BrN2. The molecule has 0 radical (unpaired) electrons. The molecule has 0 unspecified atom stereocenters. The zero-order chi connectivity index (χ0) is 11.9. The Morgan fingerprint density at radius 3 is 2.56 bits per heavy atom. The molecule has 1 aromatic heterocycles. The molecule has 2 aromatic rings. The summed E-state index contributed by atoms with van der Waals surface area (Å²) in [7, 11) is 0. The fourth-order valence-electron chi connectivity index (χ4n) is 1.78. The van der Waals surface area contributed by atoms with E-state index in [4.69, 9.17) is 5.73 Å². The molecule has 0 fully saturated rings. The van der Waals surface area contributed by atoms with Gasteiger partial charge >= 0.3 is 0 Å². The van der Waals surface area contributed by atoms with Gasteiger partial charge in [0.05, 0.1) is 5.52 Å². The van der Waals surface area contributed by atoms with E-state index in [2.05, 4.69) is 53.8 Å². The predicted octanol–water partition coefficient (Wildman–Crippen LogP) is 3.88. The van der Waals surface area contributed by atoms with Crippen molar-refractivity contribution in [2.75, 3.05) is 5.73 Å². The van der Waals surface area contributed by atoms with Gasteiger partial charge in [0.25, 0.3) is 0 Å². The van der Waals surface area contributed by atoms with Gasteiger partial charge in [-0.3, -0.25) is 0 Å². The van der Waals surface area contributed by atoms with Gasteiger partial charge in [0.1, 0.15) is 5.82 Å². The van der Waals surface area contributed by atoms with Crippen LogP contribution in [-0.4, -0.2) is 4.98 Å². The summed E-state index contributed by atoms with van der Waals surface area (Å²) in [5.41, 5.74) is 8.05. The molecule has 2 N–H and O–H groups in total. The summed E-state index contributed by atoms with van der Waals surface area (Å²) in [6, 6.07) is 8.17. The van der Waals surface area contributed by atoms with Crippen LogP contribution in [0.4, 0.5) is 5.82 Å². The number of hydrogen-bond donors (Lipinski definition) is 1. The Balaban J connectivity index is 2.78. The second-order valence-electron chi connectivity index (χ2n) is 4.98. The van der Waals surface area contributed by atoms with Crippen LogP contribution in [0.15, 0.2) is 28.7 Å². The lowest BCUT2D eigenvalue weighted by molar-refractivity contribution is 0.591. The van der Waals surface area contributed by atoms with Crippen molar-refractivity contribution in [2.24, 2.45) is 0 Å². The summed E-state index contributed by atoms with van der Waals surface area (Å²) < 4.78 is 0.983. The molecule has 1 aromatic carbocycles. The zero-order valence-electron chi connectivity index (χ0n) is 9.71. The second kappa shape index (κ2) is 3.74. The molecular weight excluding hydrogens is 264 g/mol. The molecule has 0 bridgehead atoms. The Labute approximate surface area is 104 Å². The van der Waals surface area contributed by atoms with Gasteiger partial charge < -0.3 is 5.73 Å². The lowest BCUT2D eigenvalue weighted by atomic mass is 9.86. The summed E-state index contributed by atoms with van der Waals surface area (Å²) in [6.07, 6.45) is 0. The fraction of sp³-hybridized carbons (Fsp3) is 0.308. The van der Waals surface area contributed by atoms with Crippen molar-refractivity contribution in [3.63, 3.8) is 0 Å². The number of pyridine rings is 1. The lowest BCUT2D eigenvalue weighted by Gasteiger charge is -2.21. The molecule has 84 valence electrons. The molecule has 0 aliphatic heterocycles.